The Hall–Kier alpha value is -0.770. The molecule has 1 saturated heterocycles. The normalized spacial score (nSPS) is 16.1. The molecule has 0 bridgehead atoms. The van der Waals surface area contributed by atoms with Crippen LogP contribution in [0.4, 0.5) is 5.69 Å². The number of nitrogens with zero attached hydrogens (tertiary/aromatic N) is 1. The molecule has 1 fully saturated rings. The molecule has 1 amide bonds. The molecule has 0 radical (unpaired) electrons. The number of para-hydroxylation sites is 1. The van der Waals surface area contributed by atoms with Crippen LogP contribution in [0.1, 0.15) is 44.6 Å². The van der Waals surface area contributed by atoms with Gasteiger partial charge >= 0.3 is 0 Å². The predicted octanol–water partition coefficient (Wildman–Crippen LogP) is 4.66. The van der Waals surface area contributed by atoms with Crippen LogP contribution in [0.25, 0.3) is 0 Å². The van der Waals surface area contributed by atoms with Gasteiger partial charge < -0.3 is 5.32 Å². The van der Waals surface area contributed by atoms with Crippen LogP contribution in [-0.2, 0) is 4.79 Å². The van der Waals surface area contributed by atoms with E-state index in [-0.39, 0.29) is 24.4 Å². The van der Waals surface area contributed by atoms with Crippen LogP contribution < -0.4 is 5.32 Å². The molecule has 22 heavy (non-hydrogen) atoms. The number of benzene rings is 1. The lowest BCUT2D eigenvalue weighted by atomic mass is 10.1. The van der Waals surface area contributed by atoms with E-state index in [2.05, 4.69) is 17.1 Å². The monoisotopic (exact) mass is 344 g/mol. The summed E-state index contributed by atoms with van der Waals surface area (Å²) in [5.41, 5.74) is 1.76. The van der Waals surface area contributed by atoms with Gasteiger partial charge in [0.2, 0.25) is 5.91 Å². The minimum atomic E-state index is -0.0249. The van der Waals surface area contributed by atoms with Crippen molar-refractivity contribution in [1.29, 1.82) is 0 Å². The van der Waals surface area contributed by atoms with Gasteiger partial charge in [-0.15, -0.1) is 12.4 Å². The summed E-state index contributed by atoms with van der Waals surface area (Å²) in [6.45, 7) is 6.20. The Morgan fingerprint density at radius 1 is 1.36 bits per heavy atom. The first-order valence-electron chi connectivity index (χ1n) is 7.93. The van der Waals surface area contributed by atoms with Crippen LogP contribution in [0.15, 0.2) is 18.2 Å². The Bertz CT molecular complexity index is 467. The molecule has 1 N–H and O–H groups in total. The number of unbranched alkanes of at least 4 members (excludes halogenated alkanes) is 1. The predicted molar refractivity (Wildman–Crippen MR) is 96.2 cm³/mol. The zero-order valence-electron chi connectivity index (χ0n) is 13.4. The SMILES string of the molecule is CCCCC(C(=O)Nc1c(C)cccc1Cl)N1CCCC1.Cl. The second kappa shape index (κ2) is 9.39. The highest BCUT2D eigenvalue weighted by Gasteiger charge is 2.28. The minimum Gasteiger partial charge on any atom is -0.323 e. The van der Waals surface area contributed by atoms with Crippen molar-refractivity contribution in [2.45, 2.75) is 52.0 Å². The van der Waals surface area contributed by atoms with Gasteiger partial charge in [0.15, 0.2) is 0 Å². The van der Waals surface area contributed by atoms with Gasteiger partial charge in [0.1, 0.15) is 0 Å². The van der Waals surface area contributed by atoms with Crippen molar-refractivity contribution >= 4 is 35.6 Å². The maximum Gasteiger partial charge on any atom is 0.241 e. The van der Waals surface area contributed by atoms with Crippen molar-refractivity contribution in [2.24, 2.45) is 0 Å². The van der Waals surface area contributed by atoms with Crippen LogP contribution in [0, 0.1) is 6.92 Å². The van der Waals surface area contributed by atoms with E-state index in [0.717, 1.165) is 43.6 Å². The number of carbonyl (C=O) groups is 1. The van der Waals surface area contributed by atoms with Gasteiger partial charge in [0.25, 0.3) is 0 Å². The fourth-order valence-corrected chi connectivity index (χ4v) is 3.20. The summed E-state index contributed by atoms with van der Waals surface area (Å²) >= 11 is 6.21. The van der Waals surface area contributed by atoms with Gasteiger partial charge in [-0.3, -0.25) is 9.69 Å². The number of hydrogen-bond acceptors (Lipinski definition) is 2. The minimum absolute atomic E-state index is 0. The number of nitrogens with one attached hydrogen (secondary N) is 1. The molecule has 1 aliphatic heterocycles. The first-order chi connectivity index (χ1) is 10.1. The maximum atomic E-state index is 12.7. The summed E-state index contributed by atoms with van der Waals surface area (Å²) in [6, 6.07) is 5.67. The highest BCUT2D eigenvalue weighted by atomic mass is 35.5. The number of halogens is 2. The highest BCUT2D eigenvalue weighted by Crippen LogP contribution is 2.26. The zero-order valence-corrected chi connectivity index (χ0v) is 15.0. The first-order valence-corrected chi connectivity index (χ1v) is 8.31. The van der Waals surface area contributed by atoms with Gasteiger partial charge in [-0.1, -0.05) is 43.5 Å². The van der Waals surface area contributed by atoms with Crippen LogP contribution in [0.2, 0.25) is 5.02 Å². The van der Waals surface area contributed by atoms with Crippen molar-refractivity contribution in [3.8, 4) is 0 Å². The highest BCUT2D eigenvalue weighted by molar-refractivity contribution is 6.34. The summed E-state index contributed by atoms with van der Waals surface area (Å²) in [5, 5.41) is 3.66. The number of anilines is 1. The molecule has 0 saturated carbocycles. The van der Waals surface area contributed by atoms with E-state index in [1.807, 2.05) is 25.1 Å². The van der Waals surface area contributed by atoms with E-state index in [9.17, 15) is 4.79 Å². The van der Waals surface area contributed by atoms with Crippen LogP contribution in [0.3, 0.4) is 0 Å². The lowest BCUT2D eigenvalue weighted by Gasteiger charge is -2.27. The molecule has 124 valence electrons. The average molecular weight is 345 g/mol. The largest absolute Gasteiger partial charge is 0.323 e. The van der Waals surface area contributed by atoms with Gasteiger partial charge in [-0.05, 0) is 50.9 Å². The van der Waals surface area contributed by atoms with Gasteiger partial charge in [0.05, 0.1) is 16.8 Å². The molecule has 1 unspecified atom stereocenters. The van der Waals surface area contributed by atoms with Gasteiger partial charge in [0, 0.05) is 0 Å². The molecule has 2 rings (SSSR count). The topological polar surface area (TPSA) is 32.3 Å². The first kappa shape index (κ1) is 19.3. The molecule has 5 heteroatoms. The standard InChI is InChI=1S/C17H25ClN2O.ClH/c1-3-4-10-15(20-11-5-6-12-20)17(21)19-16-13(2)8-7-9-14(16)18;/h7-9,15H,3-6,10-12H2,1-2H3,(H,19,21);1H. The average Bonchev–Trinajstić information content (AvgIpc) is 2.97. The Balaban J connectivity index is 0.00000242. The molecule has 1 heterocycles. The molecule has 1 atom stereocenters. The Morgan fingerprint density at radius 3 is 2.64 bits per heavy atom. The number of amides is 1. The Labute approximate surface area is 144 Å². The molecule has 1 aromatic carbocycles. The zero-order chi connectivity index (χ0) is 15.2. The summed E-state index contributed by atoms with van der Waals surface area (Å²) < 4.78 is 0. The van der Waals surface area contributed by atoms with E-state index in [1.165, 1.54) is 12.8 Å². The smallest absolute Gasteiger partial charge is 0.241 e. The lowest BCUT2D eigenvalue weighted by molar-refractivity contribution is -0.121. The molecular weight excluding hydrogens is 319 g/mol. The molecule has 3 nitrogen and oxygen atoms in total. The van der Waals surface area contributed by atoms with Crippen molar-refractivity contribution < 1.29 is 4.79 Å². The molecule has 0 spiro atoms. The number of hydrogen-bond donors (Lipinski definition) is 1. The third-order valence-electron chi connectivity index (χ3n) is 4.19. The summed E-state index contributed by atoms with van der Waals surface area (Å²) in [7, 11) is 0. The van der Waals surface area contributed by atoms with Crippen molar-refractivity contribution in [1.82, 2.24) is 4.90 Å². The number of rotatable bonds is 6. The maximum absolute atomic E-state index is 12.7. The van der Waals surface area contributed by atoms with E-state index in [1.54, 1.807) is 0 Å². The van der Waals surface area contributed by atoms with Crippen molar-refractivity contribution in [3.63, 3.8) is 0 Å². The third kappa shape index (κ3) is 4.87. The van der Waals surface area contributed by atoms with Crippen molar-refractivity contribution in [2.75, 3.05) is 18.4 Å². The second-order valence-electron chi connectivity index (χ2n) is 5.82. The molecule has 1 aliphatic rings. The lowest BCUT2D eigenvalue weighted by Crippen LogP contribution is -2.42. The van der Waals surface area contributed by atoms with Crippen LogP contribution in [0.5, 0.6) is 0 Å². The second-order valence-corrected chi connectivity index (χ2v) is 6.23. The quantitative estimate of drug-likeness (QED) is 0.813. The van der Waals surface area contributed by atoms with E-state index < -0.39 is 0 Å². The molecule has 0 aromatic heterocycles. The fraction of sp³-hybridized carbons (Fsp3) is 0.588. The summed E-state index contributed by atoms with van der Waals surface area (Å²) in [6.07, 6.45) is 5.51. The van der Waals surface area contributed by atoms with Crippen molar-refractivity contribution in [3.05, 3.63) is 28.8 Å². The van der Waals surface area contributed by atoms with E-state index in [4.69, 9.17) is 11.6 Å². The molecular formula is C17H26Cl2N2O. The third-order valence-corrected chi connectivity index (χ3v) is 4.50. The molecule has 0 aliphatic carbocycles. The Kier molecular flexibility index (Phi) is 8.23. The Morgan fingerprint density at radius 2 is 2.05 bits per heavy atom. The van der Waals surface area contributed by atoms with Gasteiger partial charge in [-0.25, -0.2) is 0 Å². The number of aryl methyl sites for hydroxylation is 1. The summed E-state index contributed by atoms with van der Waals surface area (Å²) in [5.74, 6) is 0.0848. The van der Waals surface area contributed by atoms with E-state index in [0.29, 0.717) is 5.02 Å². The fourth-order valence-electron chi connectivity index (χ4n) is 2.93. The number of carbonyl (C=O) groups excluding carboxylic acids is 1. The summed E-state index contributed by atoms with van der Waals surface area (Å²) in [4.78, 5) is 15.0. The van der Waals surface area contributed by atoms with Crippen LogP contribution >= 0.6 is 24.0 Å². The van der Waals surface area contributed by atoms with Gasteiger partial charge in [-0.2, -0.15) is 0 Å². The van der Waals surface area contributed by atoms with E-state index >= 15 is 0 Å². The molecule has 1 aromatic rings. The number of likely N-dealkylation sites (tertiary alicyclic amines) is 1. The van der Waals surface area contributed by atoms with Crippen LogP contribution in [-0.4, -0.2) is 29.9 Å².